The number of rotatable bonds is 5. The second-order valence-electron chi connectivity index (χ2n) is 6.10. The SMILES string of the molecule is CCNC(=NCCCF)NC1CC(C)(C)Oc2ccccc21.I. The van der Waals surface area contributed by atoms with Crippen LogP contribution in [-0.2, 0) is 0 Å². The second kappa shape index (κ2) is 9.30. The molecular weight excluding hydrogens is 408 g/mol. The molecule has 130 valence electrons. The molecule has 1 aliphatic rings. The van der Waals surface area contributed by atoms with Gasteiger partial charge >= 0.3 is 0 Å². The third-order valence-corrected chi connectivity index (χ3v) is 3.59. The van der Waals surface area contributed by atoms with Crippen LogP contribution in [0.5, 0.6) is 5.75 Å². The Hall–Kier alpha value is -1.05. The number of nitrogens with zero attached hydrogens (tertiary/aromatic N) is 1. The van der Waals surface area contributed by atoms with Crippen molar-refractivity contribution in [3.05, 3.63) is 29.8 Å². The highest BCUT2D eigenvalue weighted by atomic mass is 127. The summed E-state index contributed by atoms with van der Waals surface area (Å²) in [5.41, 5.74) is 0.903. The first-order valence-corrected chi connectivity index (χ1v) is 7.94. The third kappa shape index (κ3) is 5.82. The molecule has 4 nitrogen and oxygen atoms in total. The van der Waals surface area contributed by atoms with Crippen LogP contribution < -0.4 is 15.4 Å². The van der Waals surface area contributed by atoms with Gasteiger partial charge in [0.05, 0.1) is 12.7 Å². The predicted molar refractivity (Wildman–Crippen MR) is 104 cm³/mol. The van der Waals surface area contributed by atoms with Gasteiger partial charge in [-0.1, -0.05) is 18.2 Å². The summed E-state index contributed by atoms with van der Waals surface area (Å²) in [5, 5.41) is 6.69. The number of aliphatic imine (C=N–C) groups is 1. The number of hydrogen-bond donors (Lipinski definition) is 2. The third-order valence-electron chi connectivity index (χ3n) is 3.59. The maximum Gasteiger partial charge on any atom is 0.191 e. The molecule has 0 spiro atoms. The maximum absolute atomic E-state index is 12.3. The van der Waals surface area contributed by atoms with E-state index in [2.05, 4.69) is 35.5 Å². The Kier molecular flexibility index (Phi) is 8.08. The van der Waals surface area contributed by atoms with E-state index in [1.54, 1.807) is 0 Å². The highest BCUT2D eigenvalue weighted by molar-refractivity contribution is 14.0. The Morgan fingerprint density at radius 1 is 1.39 bits per heavy atom. The zero-order valence-corrected chi connectivity index (χ0v) is 16.4. The number of ether oxygens (including phenoxy) is 1. The van der Waals surface area contributed by atoms with Crippen molar-refractivity contribution in [3.8, 4) is 5.75 Å². The minimum absolute atomic E-state index is 0. The number of guanidine groups is 1. The van der Waals surface area contributed by atoms with Crippen LogP contribution in [0.3, 0.4) is 0 Å². The van der Waals surface area contributed by atoms with Crippen molar-refractivity contribution in [2.45, 2.75) is 45.3 Å². The monoisotopic (exact) mass is 435 g/mol. The Labute approximate surface area is 155 Å². The van der Waals surface area contributed by atoms with E-state index in [1.165, 1.54) is 0 Å². The fourth-order valence-electron chi connectivity index (χ4n) is 2.67. The van der Waals surface area contributed by atoms with E-state index < -0.39 is 0 Å². The lowest BCUT2D eigenvalue weighted by Crippen LogP contribution is -2.45. The van der Waals surface area contributed by atoms with E-state index >= 15 is 0 Å². The molecule has 23 heavy (non-hydrogen) atoms. The molecule has 6 heteroatoms. The van der Waals surface area contributed by atoms with E-state index in [9.17, 15) is 4.39 Å². The van der Waals surface area contributed by atoms with Crippen LogP contribution in [0, 0.1) is 0 Å². The van der Waals surface area contributed by atoms with Gasteiger partial charge in [0.2, 0.25) is 0 Å². The molecule has 1 unspecified atom stereocenters. The molecule has 1 aromatic rings. The summed E-state index contributed by atoms with van der Waals surface area (Å²) in [5.74, 6) is 1.64. The van der Waals surface area contributed by atoms with Crippen LogP contribution in [0.4, 0.5) is 4.39 Å². The van der Waals surface area contributed by atoms with Crippen molar-refractivity contribution in [3.63, 3.8) is 0 Å². The minimum atomic E-state index is -0.337. The van der Waals surface area contributed by atoms with Crippen molar-refractivity contribution < 1.29 is 9.13 Å². The first kappa shape index (κ1) is 20.0. The number of fused-ring (bicyclic) bond motifs is 1. The maximum atomic E-state index is 12.3. The van der Waals surface area contributed by atoms with E-state index in [0.29, 0.717) is 13.0 Å². The van der Waals surface area contributed by atoms with Gasteiger partial charge in [-0.15, -0.1) is 24.0 Å². The molecule has 0 aliphatic carbocycles. The molecule has 1 aromatic carbocycles. The standard InChI is InChI=1S/C17H26FN3O.HI/c1-4-19-16(20-11-7-10-18)21-14-12-17(2,3)22-15-9-6-5-8-13(14)15;/h5-6,8-9,14H,4,7,10-12H2,1-3H3,(H2,19,20,21);1H. The van der Waals surface area contributed by atoms with Gasteiger partial charge in [0.1, 0.15) is 11.4 Å². The number of nitrogens with one attached hydrogen (secondary N) is 2. The fourth-order valence-corrected chi connectivity index (χ4v) is 2.67. The fraction of sp³-hybridized carbons (Fsp3) is 0.588. The van der Waals surface area contributed by atoms with E-state index in [1.807, 2.05) is 25.1 Å². The van der Waals surface area contributed by atoms with Crippen LogP contribution in [0.1, 0.15) is 45.2 Å². The van der Waals surface area contributed by atoms with Crippen molar-refractivity contribution in [1.82, 2.24) is 10.6 Å². The number of alkyl halides is 1. The molecular formula is C17H27FIN3O. The number of para-hydroxylation sites is 1. The minimum Gasteiger partial charge on any atom is -0.487 e. The Bertz CT molecular complexity index is 522. The van der Waals surface area contributed by atoms with Crippen LogP contribution in [-0.4, -0.2) is 31.3 Å². The molecule has 1 aliphatic heterocycles. The lowest BCUT2D eigenvalue weighted by molar-refractivity contribution is 0.0694. The summed E-state index contributed by atoms with van der Waals surface area (Å²) in [6.07, 6.45) is 1.30. The normalized spacial score (nSPS) is 19.1. The lowest BCUT2D eigenvalue weighted by atomic mass is 9.90. The van der Waals surface area contributed by atoms with Gasteiger partial charge in [-0.3, -0.25) is 9.38 Å². The first-order valence-electron chi connectivity index (χ1n) is 7.94. The van der Waals surface area contributed by atoms with Gasteiger partial charge in [0.25, 0.3) is 0 Å². The molecule has 1 heterocycles. The van der Waals surface area contributed by atoms with Gasteiger partial charge < -0.3 is 15.4 Å². The van der Waals surface area contributed by atoms with E-state index in [-0.39, 0.29) is 42.3 Å². The molecule has 0 aromatic heterocycles. The van der Waals surface area contributed by atoms with Gasteiger partial charge in [0.15, 0.2) is 5.96 Å². The molecule has 0 fully saturated rings. The van der Waals surface area contributed by atoms with Gasteiger partial charge in [-0.25, -0.2) is 0 Å². The summed E-state index contributed by atoms with van der Waals surface area (Å²) in [7, 11) is 0. The highest BCUT2D eigenvalue weighted by Gasteiger charge is 2.33. The summed E-state index contributed by atoms with van der Waals surface area (Å²) in [6, 6.07) is 8.20. The molecule has 0 amide bonds. The van der Waals surface area contributed by atoms with Crippen molar-refractivity contribution in [2.24, 2.45) is 4.99 Å². The summed E-state index contributed by atoms with van der Waals surface area (Å²) in [6.45, 7) is 7.12. The summed E-state index contributed by atoms with van der Waals surface area (Å²) < 4.78 is 18.3. The average molecular weight is 435 g/mol. The summed E-state index contributed by atoms with van der Waals surface area (Å²) in [4.78, 5) is 4.43. The predicted octanol–water partition coefficient (Wildman–Crippen LogP) is 3.82. The van der Waals surface area contributed by atoms with Crippen molar-refractivity contribution in [2.75, 3.05) is 19.8 Å². The lowest BCUT2D eigenvalue weighted by Gasteiger charge is -2.38. The second-order valence-corrected chi connectivity index (χ2v) is 6.10. The highest BCUT2D eigenvalue weighted by Crippen LogP contribution is 2.39. The largest absolute Gasteiger partial charge is 0.487 e. The molecule has 0 saturated carbocycles. The molecule has 0 bridgehead atoms. The van der Waals surface area contributed by atoms with Gasteiger partial charge in [0, 0.05) is 25.1 Å². The zero-order valence-electron chi connectivity index (χ0n) is 14.1. The molecule has 2 N–H and O–H groups in total. The Balaban J connectivity index is 0.00000264. The zero-order chi connectivity index (χ0) is 16.0. The van der Waals surface area contributed by atoms with Crippen LogP contribution in [0.25, 0.3) is 0 Å². The molecule has 0 radical (unpaired) electrons. The Morgan fingerprint density at radius 2 is 2.13 bits per heavy atom. The molecule has 0 saturated heterocycles. The Morgan fingerprint density at radius 3 is 2.83 bits per heavy atom. The van der Waals surface area contributed by atoms with Crippen LogP contribution in [0.2, 0.25) is 0 Å². The van der Waals surface area contributed by atoms with Crippen LogP contribution in [0.15, 0.2) is 29.3 Å². The molecule has 1 atom stereocenters. The number of hydrogen-bond acceptors (Lipinski definition) is 2. The van der Waals surface area contributed by atoms with E-state index in [4.69, 9.17) is 4.74 Å². The van der Waals surface area contributed by atoms with Gasteiger partial charge in [-0.05, 0) is 33.3 Å². The van der Waals surface area contributed by atoms with Crippen molar-refractivity contribution >= 4 is 29.9 Å². The van der Waals surface area contributed by atoms with E-state index in [0.717, 1.165) is 30.2 Å². The van der Waals surface area contributed by atoms with Crippen molar-refractivity contribution in [1.29, 1.82) is 0 Å². The summed E-state index contributed by atoms with van der Waals surface area (Å²) >= 11 is 0. The number of benzene rings is 1. The smallest absolute Gasteiger partial charge is 0.191 e. The first-order chi connectivity index (χ1) is 10.6. The average Bonchev–Trinajstić information content (AvgIpc) is 2.46. The van der Waals surface area contributed by atoms with Crippen LogP contribution >= 0.6 is 24.0 Å². The topological polar surface area (TPSA) is 45.7 Å². The quantitative estimate of drug-likeness (QED) is 0.320. The van der Waals surface area contributed by atoms with Gasteiger partial charge in [-0.2, -0.15) is 0 Å². The number of halogens is 2. The molecule has 2 rings (SSSR count).